The lowest BCUT2D eigenvalue weighted by Crippen LogP contribution is -2.53. The Morgan fingerprint density at radius 2 is 1.62 bits per heavy atom. The normalized spacial score (nSPS) is 25.3. The van der Waals surface area contributed by atoms with Crippen LogP contribution >= 0.6 is 0 Å². The van der Waals surface area contributed by atoms with E-state index < -0.39 is 40.5 Å². The number of hydrogen-bond acceptors (Lipinski definition) is 5. The summed E-state index contributed by atoms with van der Waals surface area (Å²) in [6, 6.07) is 0. The lowest BCUT2D eigenvalue weighted by atomic mass is 9.69. The monoisotopic (exact) mass is 366 g/mol. The maximum atomic E-state index is 12.9. The van der Waals surface area contributed by atoms with E-state index in [1.165, 1.54) is 0 Å². The van der Waals surface area contributed by atoms with Gasteiger partial charge in [0.25, 0.3) is 0 Å². The summed E-state index contributed by atoms with van der Waals surface area (Å²) in [7, 11) is 0. The summed E-state index contributed by atoms with van der Waals surface area (Å²) in [6.45, 7) is 11.4. The van der Waals surface area contributed by atoms with Gasteiger partial charge in [-0.3, -0.25) is 14.4 Å². The average Bonchev–Trinajstić information content (AvgIpc) is 2.57. The molecule has 0 spiro atoms. The van der Waals surface area contributed by atoms with Crippen LogP contribution in [0.1, 0.15) is 73.6 Å². The Morgan fingerprint density at radius 3 is 2.08 bits per heavy atom. The Morgan fingerprint density at radius 1 is 1.08 bits per heavy atom. The standard InChI is InChI=1S/C21H34O5/c1-7-14(6)17(22)16-18(23)15(9-8-12(2)3)19(24)21(26,20(16)25)11-10-13(4)5/h12-15,25-26H,7-11H2,1-6H3/t14?,15-,21-/m1/s1. The van der Waals surface area contributed by atoms with Crippen molar-refractivity contribution in [1.29, 1.82) is 0 Å². The van der Waals surface area contributed by atoms with Gasteiger partial charge in [-0.1, -0.05) is 41.5 Å². The highest BCUT2D eigenvalue weighted by atomic mass is 16.3. The molecule has 1 aliphatic rings. The summed E-state index contributed by atoms with van der Waals surface area (Å²) in [5.41, 5.74) is -2.50. The Balaban J connectivity index is 3.41. The minimum Gasteiger partial charge on any atom is -0.508 e. The lowest BCUT2D eigenvalue weighted by molar-refractivity contribution is -0.149. The second kappa shape index (κ2) is 8.94. The van der Waals surface area contributed by atoms with Crippen molar-refractivity contribution in [3.05, 3.63) is 11.3 Å². The molecule has 1 aliphatic carbocycles. The van der Waals surface area contributed by atoms with Crippen molar-refractivity contribution in [3.63, 3.8) is 0 Å². The quantitative estimate of drug-likeness (QED) is 0.478. The molecule has 0 saturated heterocycles. The van der Waals surface area contributed by atoms with E-state index in [1.807, 2.05) is 34.6 Å². The number of allylic oxidation sites excluding steroid dienone is 1. The highest BCUT2D eigenvalue weighted by molar-refractivity contribution is 6.29. The average molecular weight is 366 g/mol. The molecule has 5 heteroatoms. The van der Waals surface area contributed by atoms with Crippen LogP contribution in [0.3, 0.4) is 0 Å². The zero-order chi connectivity index (χ0) is 20.2. The van der Waals surface area contributed by atoms with Crippen LogP contribution in [0.25, 0.3) is 0 Å². The maximum absolute atomic E-state index is 12.9. The maximum Gasteiger partial charge on any atom is 0.182 e. The molecule has 5 nitrogen and oxygen atoms in total. The second-order valence-corrected chi connectivity index (χ2v) is 8.44. The first-order chi connectivity index (χ1) is 12.0. The molecule has 0 amide bonds. The van der Waals surface area contributed by atoms with Gasteiger partial charge in [-0.2, -0.15) is 0 Å². The third-order valence-electron chi connectivity index (χ3n) is 5.34. The highest BCUT2D eigenvalue weighted by Crippen LogP contribution is 2.38. The van der Waals surface area contributed by atoms with Crippen molar-refractivity contribution in [3.8, 4) is 0 Å². The first-order valence-corrected chi connectivity index (χ1v) is 9.76. The summed E-state index contributed by atoms with van der Waals surface area (Å²) in [4.78, 5) is 38.5. The first-order valence-electron chi connectivity index (χ1n) is 9.76. The van der Waals surface area contributed by atoms with Crippen molar-refractivity contribution in [1.82, 2.24) is 0 Å². The number of carbonyl (C=O) groups is 3. The van der Waals surface area contributed by atoms with Crippen LogP contribution < -0.4 is 0 Å². The molecule has 148 valence electrons. The van der Waals surface area contributed by atoms with Crippen LogP contribution in [-0.4, -0.2) is 33.2 Å². The third-order valence-corrected chi connectivity index (χ3v) is 5.34. The topological polar surface area (TPSA) is 91.7 Å². The van der Waals surface area contributed by atoms with Gasteiger partial charge in [0.05, 0.1) is 5.92 Å². The van der Waals surface area contributed by atoms with Gasteiger partial charge in [0.2, 0.25) is 0 Å². The first kappa shape index (κ1) is 22.6. The summed E-state index contributed by atoms with van der Waals surface area (Å²) < 4.78 is 0. The molecule has 0 bridgehead atoms. The molecular formula is C21H34O5. The Labute approximate surface area is 156 Å². The van der Waals surface area contributed by atoms with Crippen LogP contribution in [0.5, 0.6) is 0 Å². The molecule has 0 aromatic carbocycles. The molecule has 0 heterocycles. The molecule has 0 radical (unpaired) electrons. The molecule has 3 atom stereocenters. The van der Waals surface area contributed by atoms with Crippen LogP contribution in [0.4, 0.5) is 0 Å². The number of carbonyl (C=O) groups excluding carboxylic acids is 3. The predicted octanol–water partition coefficient (Wildman–Crippen LogP) is 3.79. The number of rotatable bonds is 9. The van der Waals surface area contributed by atoms with Crippen molar-refractivity contribution in [2.45, 2.75) is 79.2 Å². The molecule has 1 unspecified atom stereocenters. The van der Waals surface area contributed by atoms with Gasteiger partial charge >= 0.3 is 0 Å². The molecule has 0 fully saturated rings. The van der Waals surface area contributed by atoms with E-state index in [4.69, 9.17) is 0 Å². The number of aliphatic hydroxyl groups is 2. The van der Waals surface area contributed by atoms with E-state index in [-0.39, 0.29) is 30.3 Å². The van der Waals surface area contributed by atoms with E-state index in [0.717, 1.165) is 0 Å². The van der Waals surface area contributed by atoms with Crippen molar-refractivity contribution >= 4 is 17.3 Å². The predicted molar refractivity (Wildman–Crippen MR) is 101 cm³/mol. The van der Waals surface area contributed by atoms with Gasteiger partial charge in [-0.05, 0) is 43.9 Å². The number of Topliss-reactive ketones (excluding diaryl/α,β-unsaturated/α-hetero) is 3. The largest absolute Gasteiger partial charge is 0.508 e. The summed E-state index contributed by atoms with van der Waals surface area (Å²) in [5, 5.41) is 21.6. The fourth-order valence-corrected chi connectivity index (χ4v) is 3.19. The van der Waals surface area contributed by atoms with Gasteiger partial charge in [0, 0.05) is 5.92 Å². The minimum absolute atomic E-state index is 0.0120. The molecule has 0 aliphatic heterocycles. The van der Waals surface area contributed by atoms with Gasteiger partial charge in [0.15, 0.2) is 23.0 Å². The Hall–Kier alpha value is -1.49. The molecule has 2 N–H and O–H groups in total. The third kappa shape index (κ3) is 4.61. The van der Waals surface area contributed by atoms with Crippen molar-refractivity contribution in [2.24, 2.45) is 23.7 Å². The molecule has 1 rings (SSSR count). The second-order valence-electron chi connectivity index (χ2n) is 8.44. The van der Waals surface area contributed by atoms with Crippen LogP contribution in [0.2, 0.25) is 0 Å². The van der Waals surface area contributed by atoms with E-state index in [1.54, 1.807) is 6.92 Å². The molecule has 0 aromatic heterocycles. The number of ketones is 3. The van der Waals surface area contributed by atoms with Crippen LogP contribution in [0, 0.1) is 23.7 Å². The van der Waals surface area contributed by atoms with Crippen LogP contribution in [-0.2, 0) is 14.4 Å². The molecule has 0 saturated carbocycles. The van der Waals surface area contributed by atoms with Crippen LogP contribution in [0.15, 0.2) is 11.3 Å². The fourth-order valence-electron chi connectivity index (χ4n) is 3.19. The Kier molecular flexibility index (Phi) is 7.75. The summed E-state index contributed by atoms with van der Waals surface area (Å²) in [6.07, 6.45) is 1.94. The molecule has 0 aromatic rings. The van der Waals surface area contributed by atoms with Gasteiger partial charge in [0.1, 0.15) is 11.3 Å². The van der Waals surface area contributed by atoms with E-state index in [0.29, 0.717) is 19.3 Å². The highest BCUT2D eigenvalue weighted by Gasteiger charge is 2.54. The smallest absolute Gasteiger partial charge is 0.182 e. The van der Waals surface area contributed by atoms with Gasteiger partial charge in [-0.15, -0.1) is 0 Å². The number of hydrogen-bond donors (Lipinski definition) is 2. The molecule has 26 heavy (non-hydrogen) atoms. The van der Waals surface area contributed by atoms with E-state index in [9.17, 15) is 24.6 Å². The molecular weight excluding hydrogens is 332 g/mol. The lowest BCUT2D eigenvalue weighted by Gasteiger charge is -2.36. The zero-order valence-corrected chi connectivity index (χ0v) is 17.0. The Bertz CT molecular complexity index is 587. The van der Waals surface area contributed by atoms with E-state index >= 15 is 0 Å². The number of aliphatic hydroxyl groups excluding tert-OH is 1. The summed E-state index contributed by atoms with van der Waals surface area (Å²) in [5.74, 6) is -3.54. The van der Waals surface area contributed by atoms with Gasteiger partial charge < -0.3 is 10.2 Å². The van der Waals surface area contributed by atoms with Gasteiger partial charge in [-0.25, -0.2) is 0 Å². The van der Waals surface area contributed by atoms with Crippen molar-refractivity contribution in [2.75, 3.05) is 0 Å². The minimum atomic E-state index is -2.14. The SMILES string of the molecule is CCC(C)C(=O)C1=C(O)[C@@](O)(CCC(C)C)C(=O)[C@H](CCC(C)C)C1=O. The van der Waals surface area contributed by atoms with Crippen molar-refractivity contribution < 1.29 is 24.6 Å². The zero-order valence-electron chi connectivity index (χ0n) is 17.0. The summed E-state index contributed by atoms with van der Waals surface area (Å²) >= 11 is 0. The van der Waals surface area contributed by atoms with E-state index in [2.05, 4.69) is 0 Å². The fraction of sp³-hybridized carbons (Fsp3) is 0.762.